The molecule has 0 saturated heterocycles. The van der Waals surface area contributed by atoms with E-state index in [9.17, 15) is 0 Å². The molecule has 1 heterocycles. The molecule has 102 valence electrons. The molecule has 1 aliphatic carbocycles. The van der Waals surface area contributed by atoms with E-state index < -0.39 is 0 Å². The summed E-state index contributed by atoms with van der Waals surface area (Å²) in [6.07, 6.45) is 2.54. The first-order chi connectivity index (χ1) is 9.09. The molecule has 1 saturated carbocycles. The number of hydrogen-bond acceptors (Lipinski definition) is 1. The maximum atomic E-state index is 6.36. The van der Waals surface area contributed by atoms with Crippen molar-refractivity contribution in [2.75, 3.05) is 0 Å². The average molecular weight is 277 g/mol. The fourth-order valence-electron chi connectivity index (χ4n) is 3.40. The molecule has 4 unspecified atom stereocenters. The summed E-state index contributed by atoms with van der Waals surface area (Å²) in [4.78, 5) is 4.75. The second-order valence-corrected chi connectivity index (χ2v) is 6.58. The minimum absolute atomic E-state index is 0.0458. The van der Waals surface area contributed by atoms with Crippen LogP contribution in [0.2, 0.25) is 0 Å². The van der Waals surface area contributed by atoms with Gasteiger partial charge in [0.1, 0.15) is 5.82 Å². The van der Waals surface area contributed by atoms with E-state index in [1.165, 1.54) is 18.4 Å². The quantitative estimate of drug-likeness (QED) is 0.710. The Morgan fingerprint density at radius 1 is 1.26 bits per heavy atom. The molecule has 3 rings (SSSR count). The smallest absolute Gasteiger partial charge is 0.127 e. The van der Waals surface area contributed by atoms with E-state index in [-0.39, 0.29) is 5.38 Å². The molecule has 1 aromatic heterocycles. The third-order valence-corrected chi connectivity index (χ3v) is 4.93. The summed E-state index contributed by atoms with van der Waals surface area (Å²) in [5, 5.41) is -0.0458. The summed E-state index contributed by atoms with van der Waals surface area (Å²) < 4.78 is 2.40. The van der Waals surface area contributed by atoms with Crippen LogP contribution in [0.4, 0.5) is 0 Å². The van der Waals surface area contributed by atoms with Gasteiger partial charge in [-0.05, 0) is 43.7 Å². The van der Waals surface area contributed by atoms with Gasteiger partial charge in [-0.2, -0.15) is 0 Å². The summed E-state index contributed by atoms with van der Waals surface area (Å²) in [7, 11) is 0. The van der Waals surface area contributed by atoms with Crippen molar-refractivity contribution >= 4 is 22.6 Å². The zero-order chi connectivity index (χ0) is 13.6. The summed E-state index contributed by atoms with van der Waals surface area (Å²) >= 11 is 6.36. The van der Waals surface area contributed by atoms with Gasteiger partial charge in [0, 0.05) is 6.04 Å². The highest BCUT2D eigenvalue weighted by Gasteiger charge is 2.33. The van der Waals surface area contributed by atoms with E-state index in [1.807, 2.05) is 13.0 Å². The number of hydrogen-bond donors (Lipinski definition) is 0. The van der Waals surface area contributed by atoms with Crippen molar-refractivity contribution < 1.29 is 0 Å². The Hall–Kier alpha value is -1.02. The molecule has 2 nitrogen and oxygen atoms in total. The predicted molar refractivity (Wildman–Crippen MR) is 80.6 cm³/mol. The van der Waals surface area contributed by atoms with Crippen molar-refractivity contribution in [3.05, 3.63) is 30.1 Å². The monoisotopic (exact) mass is 276 g/mol. The Morgan fingerprint density at radius 2 is 2.00 bits per heavy atom. The van der Waals surface area contributed by atoms with Crippen molar-refractivity contribution in [2.24, 2.45) is 11.8 Å². The highest BCUT2D eigenvalue weighted by Crippen LogP contribution is 2.43. The molecule has 0 radical (unpaired) electrons. The van der Waals surface area contributed by atoms with Gasteiger partial charge in [-0.15, -0.1) is 11.6 Å². The van der Waals surface area contributed by atoms with Gasteiger partial charge in [0.2, 0.25) is 0 Å². The molecule has 0 amide bonds. The van der Waals surface area contributed by atoms with Crippen LogP contribution in [0.3, 0.4) is 0 Å². The van der Waals surface area contributed by atoms with Gasteiger partial charge >= 0.3 is 0 Å². The first-order valence-corrected chi connectivity index (χ1v) is 7.64. The predicted octanol–water partition coefficient (Wildman–Crippen LogP) is 4.94. The molecule has 4 atom stereocenters. The number of para-hydroxylation sites is 2. The normalized spacial score (nSPS) is 28.9. The van der Waals surface area contributed by atoms with Crippen LogP contribution in [0.15, 0.2) is 24.3 Å². The number of imidazole rings is 1. The van der Waals surface area contributed by atoms with Crippen molar-refractivity contribution in [2.45, 2.75) is 45.0 Å². The van der Waals surface area contributed by atoms with Crippen LogP contribution in [0, 0.1) is 11.8 Å². The molecule has 3 heteroatoms. The van der Waals surface area contributed by atoms with Gasteiger partial charge in [0.15, 0.2) is 0 Å². The van der Waals surface area contributed by atoms with Gasteiger partial charge in [-0.25, -0.2) is 4.98 Å². The minimum atomic E-state index is -0.0458. The number of nitrogens with zero attached hydrogens (tertiary/aromatic N) is 2. The fourth-order valence-corrected chi connectivity index (χ4v) is 3.55. The molecule has 1 fully saturated rings. The van der Waals surface area contributed by atoms with Crippen molar-refractivity contribution in [3.63, 3.8) is 0 Å². The third kappa shape index (κ3) is 2.06. The number of alkyl halides is 1. The lowest BCUT2D eigenvalue weighted by Crippen LogP contribution is -2.17. The third-order valence-electron chi connectivity index (χ3n) is 4.73. The second kappa shape index (κ2) is 4.82. The largest absolute Gasteiger partial charge is 0.323 e. The minimum Gasteiger partial charge on any atom is -0.323 e. The average Bonchev–Trinajstić information content (AvgIpc) is 2.92. The molecule has 19 heavy (non-hydrogen) atoms. The van der Waals surface area contributed by atoms with Crippen LogP contribution < -0.4 is 0 Å². The van der Waals surface area contributed by atoms with Crippen molar-refractivity contribution in [3.8, 4) is 0 Å². The SMILES string of the molecule is CC(Cl)c1nc2ccccc2n1C1CCC(C)C1C. The first kappa shape index (κ1) is 13.0. The summed E-state index contributed by atoms with van der Waals surface area (Å²) in [5.41, 5.74) is 2.30. The van der Waals surface area contributed by atoms with Crippen LogP contribution in [-0.2, 0) is 0 Å². The molecule has 0 bridgehead atoms. The second-order valence-electron chi connectivity index (χ2n) is 5.93. The van der Waals surface area contributed by atoms with Crippen molar-refractivity contribution in [1.82, 2.24) is 9.55 Å². The molecule has 1 aliphatic rings. The van der Waals surface area contributed by atoms with Gasteiger partial charge in [-0.3, -0.25) is 0 Å². The van der Waals surface area contributed by atoms with Crippen molar-refractivity contribution in [1.29, 1.82) is 0 Å². The molecule has 0 N–H and O–H groups in total. The molecular formula is C16H21ClN2. The highest BCUT2D eigenvalue weighted by atomic mass is 35.5. The topological polar surface area (TPSA) is 17.8 Å². The summed E-state index contributed by atoms with van der Waals surface area (Å²) in [6.45, 7) is 6.73. The Kier molecular flexibility index (Phi) is 3.30. The fraction of sp³-hybridized carbons (Fsp3) is 0.562. The number of benzene rings is 1. The van der Waals surface area contributed by atoms with E-state index in [0.717, 1.165) is 17.3 Å². The van der Waals surface area contributed by atoms with E-state index in [1.54, 1.807) is 0 Å². The van der Waals surface area contributed by atoms with Crippen LogP contribution in [0.25, 0.3) is 11.0 Å². The van der Waals surface area contributed by atoms with Crippen LogP contribution in [-0.4, -0.2) is 9.55 Å². The maximum Gasteiger partial charge on any atom is 0.127 e. The number of halogens is 1. The highest BCUT2D eigenvalue weighted by molar-refractivity contribution is 6.20. The number of fused-ring (bicyclic) bond motifs is 1. The summed E-state index contributed by atoms with van der Waals surface area (Å²) in [6, 6.07) is 8.92. The molecule has 0 aliphatic heterocycles. The molecular weight excluding hydrogens is 256 g/mol. The van der Waals surface area contributed by atoms with Crippen LogP contribution >= 0.6 is 11.6 Å². The Balaban J connectivity index is 2.18. The standard InChI is InChI=1S/C16H21ClN2/c1-10-8-9-14(11(10)2)19-15-7-5-4-6-13(15)18-16(19)12(3)17/h4-7,10-12,14H,8-9H2,1-3H3. The Morgan fingerprint density at radius 3 is 2.63 bits per heavy atom. The maximum absolute atomic E-state index is 6.36. The van der Waals surface area contributed by atoms with E-state index in [2.05, 4.69) is 36.6 Å². The zero-order valence-electron chi connectivity index (χ0n) is 11.8. The van der Waals surface area contributed by atoms with Gasteiger partial charge in [0.25, 0.3) is 0 Å². The molecule has 2 aromatic rings. The number of rotatable bonds is 2. The van der Waals surface area contributed by atoms with Gasteiger partial charge in [-0.1, -0.05) is 26.0 Å². The van der Waals surface area contributed by atoms with Gasteiger partial charge < -0.3 is 4.57 Å². The number of aromatic nitrogens is 2. The lowest BCUT2D eigenvalue weighted by Gasteiger charge is -2.23. The zero-order valence-corrected chi connectivity index (χ0v) is 12.6. The van der Waals surface area contributed by atoms with Gasteiger partial charge in [0.05, 0.1) is 16.4 Å². The molecule has 1 aromatic carbocycles. The van der Waals surface area contributed by atoms with E-state index in [4.69, 9.17) is 16.6 Å². The van der Waals surface area contributed by atoms with E-state index in [0.29, 0.717) is 12.0 Å². The van der Waals surface area contributed by atoms with Crippen LogP contribution in [0.5, 0.6) is 0 Å². The van der Waals surface area contributed by atoms with Crippen LogP contribution in [0.1, 0.15) is 50.9 Å². The first-order valence-electron chi connectivity index (χ1n) is 7.20. The lowest BCUT2D eigenvalue weighted by molar-refractivity contribution is 0.352. The summed E-state index contributed by atoms with van der Waals surface area (Å²) in [5.74, 6) is 2.49. The van der Waals surface area contributed by atoms with E-state index >= 15 is 0 Å². The Labute approximate surface area is 119 Å². The molecule has 0 spiro atoms. The Bertz CT molecular complexity index is 587. The lowest BCUT2D eigenvalue weighted by atomic mass is 9.97.